The molecule has 2 N–H and O–H groups in total. The van der Waals surface area contributed by atoms with Crippen LogP contribution in [0.5, 0.6) is 0 Å². The first kappa shape index (κ1) is 18.1. The molecule has 0 spiro atoms. The summed E-state index contributed by atoms with van der Waals surface area (Å²) in [6.07, 6.45) is 0.548. The predicted octanol–water partition coefficient (Wildman–Crippen LogP) is 3.35. The standard InChI is InChI=1S/C18H22N2O3S/c1-12(2)18(3,10-16(21)22)20-17(23)14-11-24-15(19-14)9-13-7-5-4-6-8-13/h4-8,11-12H,9-10H2,1-3H3,(H,20,23)(H,21,22). The van der Waals surface area contributed by atoms with Crippen LogP contribution in [0.2, 0.25) is 0 Å². The van der Waals surface area contributed by atoms with Crippen molar-refractivity contribution in [3.63, 3.8) is 0 Å². The van der Waals surface area contributed by atoms with Crippen LogP contribution in [-0.2, 0) is 11.2 Å². The Kier molecular flexibility index (Phi) is 5.72. The predicted molar refractivity (Wildman–Crippen MR) is 94.3 cm³/mol. The first-order valence-corrected chi connectivity index (χ1v) is 8.71. The number of nitrogens with one attached hydrogen (secondary N) is 1. The maximum absolute atomic E-state index is 12.5. The van der Waals surface area contributed by atoms with Crippen LogP contribution >= 0.6 is 11.3 Å². The van der Waals surface area contributed by atoms with Crippen molar-refractivity contribution in [2.45, 2.75) is 39.2 Å². The lowest BCUT2D eigenvalue weighted by molar-refractivity contribution is -0.138. The Bertz CT molecular complexity index is 712. The lowest BCUT2D eigenvalue weighted by Gasteiger charge is -2.33. The summed E-state index contributed by atoms with van der Waals surface area (Å²) < 4.78 is 0. The molecule has 0 saturated carbocycles. The van der Waals surface area contributed by atoms with Crippen molar-refractivity contribution >= 4 is 23.2 Å². The van der Waals surface area contributed by atoms with Crippen molar-refractivity contribution in [1.82, 2.24) is 10.3 Å². The number of amides is 1. The molecule has 0 fully saturated rings. The highest BCUT2D eigenvalue weighted by atomic mass is 32.1. The second-order valence-corrected chi connectivity index (χ2v) is 7.33. The van der Waals surface area contributed by atoms with E-state index in [1.807, 2.05) is 44.2 Å². The van der Waals surface area contributed by atoms with Crippen molar-refractivity contribution in [3.8, 4) is 0 Å². The third-order valence-electron chi connectivity index (χ3n) is 4.17. The molecule has 1 aromatic carbocycles. The van der Waals surface area contributed by atoms with Crippen LogP contribution in [0, 0.1) is 5.92 Å². The Labute approximate surface area is 145 Å². The van der Waals surface area contributed by atoms with E-state index in [9.17, 15) is 9.59 Å². The highest BCUT2D eigenvalue weighted by Crippen LogP contribution is 2.22. The molecule has 5 nitrogen and oxygen atoms in total. The van der Waals surface area contributed by atoms with Gasteiger partial charge in [-0.3, -0.25) is 9.59 Å². The summed E-state index contributed by atoms with van der Waals surface area (Å²) in [5.74, 6) is -1.28. The zero-order valence-electron chi connectivity index (χ0n) is 14.1. The molecule has 2 aromatic rings. The molecule has 0 aliphatic heterocycles. The Morgan fingerprint density at radius 2 is 1.96 bits per heavy atom. The molecule has 0 radical (unpaired) electrons. The molecule has 2 rings (SSSR count). The number of nitrogens with zero attached hydrogens (tertiary/aromatic N) is 1. The number of rotatable bonds is 7. The summed E-state index contributed by atoms with van der Waals surface area (Å²) in [7, 11) is 0. The Morgan fingerprint density at radius 1 is 1.29 bits per heavy atom. The monoisotopic (exact) mass is 346 g/mol. The number of thiazole rings is 1. The van der Waals surface area contributed by atoms with Crippen LogP contribution in [0.3, 0.4) is 0 Å². The van der Waals surface area contributed by atoms with Gasteiger partial charge in [0.05, 0.1) is 17.0 Å². The third-order valence-corrected chi connectivity index (χ3v) is 5.02. The fourth-order valence-corrected chi connectivity index (χ4v) is 3.11. The van der Waals surface area contributed by atoms with E-state index in [2.05, 4.69) is 10.3 Å². The van der Waals surface area contributed by atoms with Crippen molar-refractivity contribution in [3.05, 3.63) is 52.0 Å². The fourth-order valence-electron chi connectivity index (χ4n) is 2.30. The van der Waals surface area contributed by atoms with E-state index >= 15 is 0 Å². The number of hydrogen-bond acceptors (Lipinski definition) is 4. The van der Waals surface area contributed by atoms with E-state index in [0.717, 1.165) is 10.6 Å². The molecule has 0 saturated heterocycles. The summed E-state index contributed by atoms with van der Waals surface area (Å²) in [5.41, 5.74) is 0.659. The largest absolute Gasteiger partial charge is 0.481 e. The quantitative estimate of drug-likeness (QED) is 0.806. The Balaban J connectivity index is 2.08. The minimum Gasteiger partial charge on any atom is -0.481 e. The van der Waals surface area contributed by atoms with E-state index in [1.165, 1.54) is 11.3 Å². The summed E-state index contributed by atoms with van der Waals surface area (Å²) in [6.45, 7) is 5.54. The summed E-state index contributed by atoms with van der Waals surface area (Å²) in [4.78, 5) is 27.9. The van der Waals surface area contributed by atoms with Crippen molar-refractivity contribution < 1.29 is 14.7 Å². The average Bonchev–Trinajstić information content (AvgIpc) is 2.96. The molecule has 24 heavy (non-hydrogen) atoms. The number of aliphatic carboxylic acids is 1. The normalized spacial score (nSPS) is 13.5. The molecular weight excluding hydrogens is 324 g/mol. The van der Waals surface area contributed by atoms with Gasteiger partial charge in [0.25, 0.3) is 5.91 Å². The van der Waals surface area contributed by atoms with Crippen LogP contribution in [0.1, 0.15) is 48.3 Å². The minimum absolute atomic E-state index is 0.0139. The zero-order valence-corrected chi connectivity index (χ0v) is 14.9. The molecular formula is C18H22N2O3S. The van der Waals surface area contributed by atoms with Gasteiger partial charge in [0.1, 0.15) is 5.69 Å². The number of carbonyl (C=O) groups is 2. The second-order valence-electron chi connectivity index (χ2n) is 6.39. The van der Waals surface area contributed by atoms with E-state index in [-0.39, 0.29) is 18.2 Å². The Hall–Kier alpha value is -2.21. The maximum atomic E-state index is 12.5. The molecule has 1 heterocycles. The highest BCUT2D eigenvalue weighted by Gasteiger charge is 2.33. The van der Waals surface area contributed by atoms with Crippen LogP contribution in [0.25, 0.3) is 0 Å². The molecule has 1 atom stereocenters. The number of carboxylic acids is 1. The molecule has 1 unspecified atom stereocenters. The zero-order chi connectivity index (χ0) is 17.7. The van der Waals surface area contributed by atoms with Gasteiger partial charge >= 0.3 is 5.97 Å². The summed E-state index contributed by atoms with van der Waals surface area (Å²) >= 11 is 1.43. The van der Waals surface area contributed by atoms with Gasteiger partial charge < -0.3 is 10.4 Å². The van der Waals surface area contributed by atoms with Crippen LogP contribution in [-0.4, -0.2) is 27.5 Å². The molecule has 1 aromatic heterocycles. The fraction of sp³-hybridized carbons (Fsp3) is 0.389. The Morgan fingerprint density at radius 3 is 2.54 bits per heavy atom. The van der Waals surface area contributed by atoms with Gasteiger partial charge in [0.2, 0.25) is 0 Å². The van der Waals surface area contributed by atoms with Crippen LogP contribution in [0.4, 0.5) is 0 Å². The summed E-state index contributed by atoms with van der Waals surface area (Å²) in [5, 5.41) is 14.5. The molecule has 1 amide bonds. The summed E-state index contributed by atoms with van der Waals surface area (Å²) in [6, 6.07) is 9.93. The minimum atomic E-state index is -0.936. The van der Waals surface area contributed by atoms with Crippen molar-refractivity contribution in [2.24, 2.45) is 5.92 Å². The average molecular weight is 346 g/mol. The third kappa shape index (κ3) is 4.64. The van der Waals surface area contributed by atoms with Crippen molar-refractivity contribution in [1.29, 1.82) is 0 Å². The molecule has 0 bridgehead atoms. The first-order chi connectivity index (χ1) is 11.3. The van der Waals surface area contributed by atoms with Gasteiger partial charge in [-0.25, -0.2) is 4.98 Å². The molecule has 128 valence electrons. The SMILES string of the molecule is CC(C)C(C)(CC(=O)O)NC(=O)c1csc(Cc2ccccc2)n1. The number of aromatic nitrogens is 1. The van der Waals surface area contributed by atoms with Crippen molar-refractivity contribution in [2.75, 3.05) is 0 Å². The van der Waals surface area contributed by atoms with Crippen LogP contribution in [0.15, 0.2) is 35.7 Å². The van der Waals surface area contributed by atoms with Crippen LogP contribution < -0.4 is 5.32 Å². The number of hydrogen-bond donors (Lipinski definition) is 2. The van der Waals surface area contributed by atoms with Gasteiger partial charge in [-0.15, -0.1) is 11.3 Å². The highest BCUT2D eigenvalue weighted by molar-refractivity contribution is 7.09. The molecule has 6 heteroatoms. The smallest absolute Gasteiger partial charge is 0.305 e. The van der Waals surface area contributed by atoms with E-state index < -0.39 is 11.5 Å². The van der Waals surface area contributed by atoms with Gasteiger partial charge in [0.15, 0.2) is 0 Å². The number of carbonyl (C=O) groups excluding carboxylic acids is 1. The number of carboxylic acid groups (broad SMARTS) is 1. The molecule has 0 aliphatic rings. The molecule has 0 aliphatic carbocycles. The second kappa shape index (κ2) is 7.57. The maximum Gasteiger partial charge on any atom is 0.305 e. The topological polar surface area (TPSA) is 79.3 Å². The number of benzene rings is 1. The van der Waals surface area contributed by atoms with Gasteiger partial charge in [0, 0.05) is 11.8 Å². The van der Waals surface area contributed by atoms with E-state index in [1.54, 1.807) is 12.3 Å². The van der Waals surface area contributed by atoms with Gasteiger partial charge in [-0.05, 0) is 18.4 Å². The van der Waals surface area contributed by atoms with Gasteiger partial charge in [-0.1, -0.05) is 44.2 Å². The lowest BCUT2D eigenvalue weighted by atomic mass is 9.85. The van der Waals surface area contributed by atoms with E-state index in [4.69, 9.17) is 5.11 Å². The van der Waals surface area contributed by atoms with Gasteiger partial charge in [-0.2, -0.15) is 0 Å². The van der Waals surface area contributed by atoms with E-state index in [0.29, 0.717) is 12.1 Å². The first-order valence-electron chi connectivity index (χ1n) is 7.83. The lowest BCUT2D eigenvalue weighted by Crippen LogP contribution is -2.51.